The molecule has 0 saturated carbocycles. The summed E-state index contributed by atoms with van der Waals surface area (Å²) in [5.41, 5.74) is 0.248. The molecule has 0 spiro atoms. The first-order valence-electron chi connectivity index (χ1n) is 6.91. The molecule has 0 aliphatic rings. The Kier molecular flexibility index (Phi) is 3.55. The highest BCUT2D eigenvalue weighted by atomic mass is 35.5. The Morgan fingerprint density at radius 3 is 2.46 bits per heavy atom. The van der Waals surface area contributed by atoms with Gasteiger partial charge in [-0.2, -0.15) is 0 Å². The summed E-state index contributed by atoms with van der Waals surface area (Å²) in [5, 5.41) is 1.01. The normalized spacial score (nSPS) is 11.3. The molecule has 24 heavy (non-hydrogen) atoms. The summed E-state index contributed by atoms with van der Waals surface area (Å²) >= 11 is 11.7. The van der Waals surface area contributed by atoms with E-state index in [-0.39, 0.29) is 32.4 Å². The Morgan fingerprint density at radius 2 is 1.67 bits per heavy atom. The zero-order valence-electron chi connectivity index (χ0n) is 11.9. The molecule has 0 unspecified atom stereocenters. The molecule has 2 aromatic carbocycles. The Labute approximate surface area is 144 Å². The van der Waals surface area contributed by atoms with Gasteiger partial charge in [-0.3, -0.25) is 4.98 Å². The van der Waals surface area contributed by atoms with E-state index >= 15 is 0 Å². The third kappa shape index (κ3) is 2.28. The van der Waals surface area contributed by atoms with Crippen molar-refractivity contribution in [3.63, 3.8) is 0 Å². The molecule has 0 aliphatic heterocycles. The van der Waals surface area contributed by atoms with Gasteiger partial charge < -0.3 is 0 Å². The highest BCUT2D eigenvalue weighted by Crippen LogP contribution is 2.34. The van der Waals surface area contributed by atoms with E-state index in [0.29, 0.717) is 10.9 Å². The minimum atomic E-state index is -0.727. The van der Waals surface area contributed by atoms with Crippen molar-refractivity contribution >= 4 is 44.9 Å². The fourth-order valence-electron chi connectivity index (χ4n) is 2.68. The largest absolute Gasteiger partial charge is 0.252 e. The van der Waals surface area contributed by atoms with Gasteiger partial charge in [0.25, 0.3) is 0 Å². The maximum atomic E-state index is 15.0. The Bertz CT molecular complexity index is 1110. The van der Waals surface area contributed by atoms with Crippen molar-refractivity contribution in [2.75, 3.05) is 0 Å². The molecule has 2 aromatic heterocycles. The summed E-state index contributed by atoms with van der Waals surface area (Å²) in [6.45, 7) is 0. The van der Waals surface area contributed by atoms with Gasteiger partial charge in [-0.25, -0.2) is 18.7 Å². The van der Waals surface area contributed by atoms with E-state index in [1.165, 1.54) is 12.3 Å². The summed E-state index contributed by atoms with van der Waals surface area (Å²) in [4.78, 5) is 11.8. The summed E-state index contributed by atoms with van der Waals surface area (Å²) in [6.07, 6.45) is 1.35. The number of hydrogen-bond donors (Lipinski definition) is 0. The Balaban J connectivity index is 2.10. The lowest BCUT2D eigenvalue weighted by molar-refractivity contribution is 0.633. The van der Waals surface area contributed by atoms with E-state index in [1.54, 1.807) is 30.3 Å². The van der Waals surface area contributed by atoms with Crippen molar-refractivity contribution in [1.29, 1.82) is 0 Å². The third-order valence-corrected chi connectivity index (χ3v) is 4.18. The summed E-state index contributed by atoms with van der Waals surface area (Å²) in [7, 11) is 0. The fourth-order valence-corrected chi connectivity index (χ4v) is 3.11. The highest BCUT2D eigenvalue weighted by Gasteiger charge is 2.18. The first kappa shape index (κ1) is 15.2. The number of hydrogen-bond acceptors (Lipinski definition) is 3. The average Bonchev–Trinajstić information content (AvgIpc) is 2.56. The molecule has 7 heteroatoms. The van der Waals surface area contributed by atoms with Crippen LogP contribution >= 0.6 is 23.2 Å². The van der Waals surface area contributed by atoms with Crippen LogP contribution in [0.15, 0.2) is 42.6 Å². The molecule has 3 nitrogen and oxygen atoms in total. The molecule has 0 atom stereocenters. The van der Waals surface area contributed by atoms with Crippen molar-refractivity contribution in [2.45, 2.75) is 0 Å². The van der Waals surface area contributed by atoms with Crippen molar-refractivity contribution in [3.05, 3.63) is 64.7 Å². The van der Waals surface area contributed by atoms with Crippen LogP contribution in [0.2, 0.25) is 10.4 Å². The number of benzene rings is 2. The van der Waals surface area contributed by atoms with E-state index in [1.807, 2.05) is 0 Å². The predicted octanol–water partition coefficient (Wildman–Crippen LogP) is 5.43. The summed E-state index contributed by atoms with van der Waals surface area (Å²) in [5.74, 6) is -1.18. The topological polar surface area (TPSA) is 38.7 Å². The minimum absolute atomic E-state index is 0.00653. The second kappa shape index (κ2) is 5.61. The van der Waals surface area contributed by atoms with Gasteiger partial charge in [0.1, 0.15) is 22.2 Å². The molecule has 118 valence electrons. The summed E-state index contributed by atoms with van der Waals surface area (Å²) in [6, 6.07) is 9.72. The second-order valence-electron chi connectivity index (χ2n) is 5.11. The van der Waals surface area contributed by atoms with E-state index in [0.717, 1.165) is 0 Å². The standard InChI is InChI=1S/C17H7Cl2F2N3/c18-16-10-7-22-14(13(21)15(10)23-17(19)24-16)9-5-1-3-8-4-2-6-11(20)12(8)9/h1-7H. The van der Waals surface area contributed by atoms with Crippen LogP contribution in [0.1, 0.15) is 0 Å². The molecule has 0 radical (unpaired) electrons. The van der Waals surface area contributed by atoms with Crippen LogP contribution in [-0.4, -0.2) is 15.0 Å². The molecule has 2 heterocycles. The number of nitrogens with zero attached hydrogens (tertiary/aromatic N) is 3. The SMILES string of the molecule is Fc1c(-c2cccc3cccc(F)c23)ncc2c(Cl)nc(Cl)nc12. The van der Waals surface area contributed by atoms with Gasteiger partial charge >= 0.3 is 0 Å². The van der Waals surface area contributed by atoms with Gasteiger partial charge in [-0.15, -0.1) is 0 Å². The van der Waals surface area contributed by atoms with Gasteiger partial charge in [-0.05, 0) is 23.1 Å². The van der Waals surface area contributed by atoms with Crippen molar-refractivity contribution in [2.24, 2.45) is 0 Å². The fraction of sp³-hybridized carbons (Fsp3) is 0. The van der Waals surface area contributed by atoms with E-state index in [2.05, 4.69) is 15.0 Å². The molecular formula is C17H7Cl2F2N3. The molecule has 0 N–H and O–H groups in total. The van der Waals surface area contributed by atoms with E-state index in [4.69, 9.17) is 23.2 Å². The van der Waals surface area contributed by atoms with Gasteiger partial charge in [0, 0.05) is 17.1 Å². The lowest BCUT2D eigenvalue weighted by Crippen LogP contribution is -1.97. The molecule has 0 saturated heterocycles. The number of fused-ring (bicyclic) bond motifs is 2. The first-order valence-corrected chi connectivity index (χ1v) is 7.66. The molecule has 4 aromatic rings. The van der Waals surface area contributed by atoms with Gasteiger partial charge in [0.15, 0.2) is 5.82 Å². The molecule has 4 rings (SSSR count). The minimum Gasteiger partial charge on any atom is -0.252 e. The average molecular weight is 362 g/mol. The lowest BCUT2D eigenvalue weighted by atomic mass is 10.0. The molecule has 0 amide bonds. The van der Waals surface area contributed by atoms with Crippen LogP contribution in [0, 0.1) is 11.6 Å². The van der Waals surface area contributed by atoms with Crippen LogP contribution < -0.4 is 0 Å². The molecule has 0 fully saturated rings. The van der Waals surface area contributed by atoms with Crippen LogP contribution in [0.25, 0.3) is 32.9 Å². The highest BCUT2D eigenvalue weighted by molar-refractivity contribution is 6.35. The summed E-state index contributed by atoms with van der Waals surface area (Å²) < 4.78 is 29.3. The molecular weight excluding hydrogens is 355 g/mol. The van der Waals surface area contributed by atoms with Crippen LogP contribution in [-0.2, 0) is 0 Å². The van der Waals surface area contributed by atoms with Crippen molar-refractivity contribution in [3.8, 4) is 11.3 Å². The monoisotopic (exact) mass is 361 g/mol. The number of aromatic nitrogens is 3. The number of halogens is 4. The Morgan fingerprint density at radius 1 is 0.917 bits per heavy atom. The smallest absolute Gasteiger partial charge is 0.224 e. The van der Waals surface area contributed by atoms with Gasteiger partial charge in [-0.1, -0.05) is 41.9 Å². The van der Waals surface area contributed by atoms with Crippen molar-refractivity contribution in [1.82, 2.24) is 15.0 Å². The maximum Gasteiger partial charge on any atom is 0.224 e. The van der Waals surface area contributed by atoms with Crippen LogP contribution in [0.4, 0.5) is 8.78 Å². The quantitative estimate of drug-likeness (QED) is 0.335. The van der Waals surface area contributed by atoms with Crippen molar-refractivity contribution < 1.29 is 8.78 Å². The van der Waals surface area contributed by atoms with Crippen LogP contribution in [0.3, 0.4) is 0 Å². The second-order valence-corrected chi connectivity index (χ2v) is 5.81. The van der Waals surface area contributed by atoms with Gasteiger partial charge in [0.05, 0.1) is 5.39 Å². The lowest BCUT2D eigenvalue weighted by Gasteiger charge is -2.10. The maximum absolute atomic E-state index is 15.0. The molecule has 0 bridgehead atoms. The first-order chi connectivity index (χ1) is 11.6. The van der Waals surface area contributed by atoms with Gasteiger partial charge in [0.2, 0.25) is 5.28 Å². The van der Waals surface area contributed by atoms with E-state index in [9.17, 15) is 8.78 Å². The molecule has 0 aliphatic carbocycles. The zero-order valence-corrected chi connectivity index (χ0v) is 13.4. The Hall–Kier alpha value is -2.37. The predicted molar refractivity (Wildman–Crippen MR) is 90.2 cm³/mol. The van der Waals surface area contributed by atoms with E-state index < -0.39 is 11.6 Å². The number of rotatable bonds is 1. The zero-order chi connectivity index (χ0) is 16.8. The van der Waals surface area contributed by atoms with Crippen LogP contribution in [0.5, 0.6) is 0 Å². The third-order valence-electron chi connectivity index (χ3n) is 3.72. The number of pyridine rings is 1.